The van der Waals surface area contributed by atoms with Crippen molar-refractivity contribution in [1.82, 2.24) is 5.32 Å². The van der Waals surface area contributed by atoms with Gasteiger partial charge in [0, 0.05) is 12.5 Å². The number of rotatable bonds is 3. The minimum absolute atomic E-state index is 0.205. The van der Waals surface area contributed by atoms with E-state index in [0.717, 1.165) is 23.9 Å². The lowest BCUT2D eigenvalue weighted by molar-refractivity contribution is -0.0000970. The van der Waals surface area contributed by atoms with E-state index in [2.05, 4.69) is 15.8 Å². The number of anilines is 1. The predicted octanol–water partition coefficient (Wildman–Crippen LogP) is 2.64. The molecule has 0 saturated carbocycles. The maximum Gasteiger partial charge on any atom is 0.319 e. The van der Waals surface area contributed by atoms with Gasteiger partial charge >= 0.3 is 6.03 Å². The standard InChI is InChI=1S/C13H15F2N3O2/c1-8-6-13(2,20-18-8)7-16-12(19)17-11-5-9(14)3-4-10(11)15/h3-5H,6-7H2,1-2H3,(H2,16,17,19). The summed E-state index contributed by atoms with van der Waals surface area (Å²) in [6.07, 6.45) is 0.599. The highest BCUT2D eigenvalue weighted by atomic mass is 19.1. The van der Waals surface area contributed by atoms with Crippen molar-refractivity contribution in [3.05, 3.63) is 29.8 Å². The van der Waals surface area contributed by atoms with E-state index in [0.29, 0.717) is 6.42 Å². The van der Waals surface area contributed by atoms with E-state index in [-0.39, 0.29) is 12.2 Å². The molecule has 1 aliphatic rings. The second kappa shape index (κ2) is 5.44. The van der Waals surface area contributed by atoms with Gasteiger partial charge < -0.3 is 15.5 Å². The summed E-state index contributed by atoms with van der Waals surface area (Å²) in [5, 5.41) is 8.60. The van der Waals surface area contributed by atoms with Crippen LogP contribution < -0.4 is 10.6 Å². The monoisotopic (exact) mass is 283 g/mol. The Kier molecular flexibility index (Phi) is 3.87. The fourth-order valence-electron chi connectivity index (χ4n) is 1.92. The lowest BCUT2D eigenvalue weighted by Crippen LogP contribution is -2.42. The third kappa shape index (κ3) is 3.43. The van der Waals surface area contributed by atoms with Gasteiger partial charge in [0.25, 0.3) is 0 Å². The Morgan fingerprint density at radius 1 is 1.50 bits per heavy atom. The largest absolute Gasteiger partial charge is 0.387 e. The first-order chi connectivity index (χ1) is 9.38. The molecular weight excluding hydrogens is 268 g/mol. The average Bonchev–Trinajstić information content (AvgIpc) is 2.72. The van der Waals surface area contributed by atoms with E-state index in [1.54, 1.807) is 6.92 Å². The van der Waals surface area contributed by atoms with Crippen LogP contribution in [0.2, 0.25) is 0 Å². The molecule has 0 saturated heterocycles. The van der Waals surface area contributed by atoms with Crippen LogP contribution in [0, 0.1) is 11.6 Å². The fraction of sp³-hybridized carbons (Fsp3) is 0.385. The summed E-state index contributed by atoms with van der Waals surface area (Å²) in [7, 11) is 0. The maximum absolute atomic E-state index is 13.3. The number of halogens is 2. The molecule has 2 rings (SSSR count). The zero-order valence-corrected chi connectivity index (χ0v) is 11.2. The third-order valence-corrected chi connectivity index (χ3v) is 2.85. The molecule has 1 aromatic carbocycles. The van der Waals surface area contributed by atoms with E-state index < -0.39 is 23.3 Å². The highest BCUT2D eigenvalue weighted by molar-refractivity contribution is 5.89. The van der Waals surface area contributed by atoms with Crippen LogP contribution in [-0.4, -0.2) is 23.9 Å². The normalized spacial score (nSPS) is 21.1. The lowest BCUT2D eigenvalue weighted by Gasteiger charge is -2.21. The average molecular weight is 283 g/mol. The van der Waals surface area contributed by atoms with Gasteiger partial charge in [0.15, 0.2) is 5.60 Å². The molecule has 2 amide bonds. The van der Waals surface area contributed by atoms with Crippen molar-refractivity contribution < 1.29 is 18.4 Å². The maximum atomic E-state index is 13.3. The second-order valence-corrected chi connectivity index (χ2v) is 4.98. The Morgan fingerprint density at radius 3 is 2.90 bits per heavy atom. The van der Waals surface area contributed by atoms with Crippen molar-refractivity contribution in [1.29, 1.82) is 0 Å². The molecule has 0 spiro atoms. The highest BCUT2D eigenvalue weighted by Crippen LogP contribution is 2.22. The van der Waals surface area contributed by atoms with E-state index in [4.69, 9.17) is 4.84 Å². The van der Waals surface area contributed by atoms with E-state index >= 15 is 0 Å². The first kappa shape index (κ1) is 14.2. The molecule has 1 aliphatic heterocycles. The molecule has 1 heterocycles. The quantitative estimate of drug-likeness (QED) is 0.895. The summed E-state index contributed by atoms with van der Waals surface area (Å²) in [5.74, 6) is -1.33. The van der Waals surface area contributed by atoms with Gasteiger partial charge in [-0.25, -0.2) is 13.6 Å². The summed E-state index contributed by atoms with van der Waals surface area (Å²) in [4.78, 5) is 16.9. The number of carbonyl (C=O) groups excluding carboxylic acids is 1. The summed E-state index contributed by atoms with van der Waals surface area (Å²) < 4.78 is 26.3. The van der Waals surface area contributed by atoms with E-state index in [9.17, 15) is 13.6 Å². The number of amides is 2. The van der Waals surface area contributed by atoms with Crippen LogP contribution in [-0.2, 0) is 4.84 Å². The Labute approximate surface area is 115 Å². The van der Waals surface area contributed by atoms with Gasteiger partial charge in [-0.1, -0.05) is 5.16 Å². The minimum atomic E-state index is -0.705. The second-order valence-electron chi connectivity index (χ2n) is 4.98. The van der Waals surface area contributed by atoms with Crippen molar-refractivity contribution in [3.8, 4) is 0 Å². The molecule has 0 fully saturated rings. The first-order valence-corrected chi connectivity index (χ1v) is 6.09. The summed E-state index contributed by atoms with van der Waals surface area (Å²) in [6.45, 7) is 3.83. The summed E-state index contributed by atoms with van der Waals surface area (Å²) in [5.41, 5.74) is 0.0142. The van der Waals surface area contributed by atoms with Crippen LogP contribution in [0.4, 0.5) is 19.3 Å². The fourth-order valence-corrected chi connectivity index (χ4v) is 1.92. The zero-order chi connectivity index (χ0) is 14.8. The first-order valence-electron chi connectivity index (χ1n) is 6.09. The van der Waals surface area contributed by atoms with Gasteiger partial charge in [-0.15, -0.1) is 0 Å². The van der Waals surface area contributed by atoms with E-state index in [1.165, 1.54) is 0 Å². The van der Waals surface area contributed by atoms with Gasteiger partial charge in [-0.05, 0) is 26.0 Å². The molecule has 1 unspecified atom stereocenters. The Hall–Kier alpha value is -2.18. The smallest absolute Gasteiger partial charge is 0.319 e. The highest BCUT2D eigenvalue weighted by Gasteiger charge is 2.32. The number of hydrogen-bond acceptors (Lipinski definition) is 3. The molecule has 2 N–H and O–H groups in total. The molecule has 7 heteroatoms. The molecule has 0 radical (unpaired) electrons. The van der Waals surface area contributed by atoms with Crippen LogP contribution in [0.5, 0.6) is 0 Å². The number of benzene rings is 1. The van der Waals surface area contributed by atoms with Crippen LogP contribution in [0.1, 0.15) is 20.3 Å². The van der Waals surface area contributed by atoms with Crippen molar-refractivity contribution in [2.45, 2.75) is 25.9 Å². The molecule has 0 aliphatic carbocycles. The van der Waals surface area contributed by atoms with Crippen LogP contribution in [0.15, 0.2) is 23.4 Å². The van der Waals surface area contributed by atoms with Crippen molar-refractivity contribution in [2.24, 2.45) is 5.16 Å². The zero-order valence-electron chi connectivity index (χ0n) is 11.2. The van der Waals surface area contributed by atoms with Gasteiger partial charge in [0.1, 0.15) is 11.6 Å². The molecular formula is C13H15F2N3O2. The van der Waals surface area contributed by atoms with Crippen LogP contribution >= 0.6 is 0 Å². The number of hydrogen-bond donors (Lipinski definition) is 2. The van der Waals surface area contributed by atoms with Crippen molar-refractivity contribution in [2.75, 3.05) is 11.9 Å². The molecule has 108 valence electrons. The summed E-state index contributed by atoms with van der Waals surface area (Å²) in [6, 6.07) is 2.20. The predicted molar refractivity (Wildman–Crippen MR) is 70.6 cm³/mol. The molecule has 20 heavy (non-hydrogen) atoms. The number of nitrogens with one attached hydrogen (secondary N) is 2. The number of oxime groups is 1. The Balaban J connectivity index is 1.88. The summed E-state index contributed by atoms with van der Waals surface area (Å²) >= 11 is 0. The number of urea groups is 1. The van der Waals surface area contributed by atoms with Crippen molar-refractivity contribution >= 4 is 17.4 Å². The molecule has 0 aromatic heterocycles. The van der Waals surface area contributed by atoms with Crippen molar-refractivity contribution in [3.63, 3.8) is 0 Å². The lowest BCUT2D eigenvalue weighted by atomic mass is 10.0. The van der Waals surface area contributed by atoms with E-state index in [1.807, 2.05) is 6.92 Å². The molecule has 0 bridgehead atoms. The van der Waals surface area contributed by atoms with Gasteiger partial charge in [-0.2, -0.15) is 0 Å². The molecule has 1 atom stereocenters. The van der Waals surface area contributed by atoms with Crippen LogP contribution in [0.25, 0.3) is 0 Å². The van der Waals surface area contributed by atoms with Gasteiger partial charge in [0.05, 0.1) is 17.9 Å². The minimum Gasteiger partial charge on any atom is -0.387 e. The number of nitrogens with zero attached hydrogens (tertiary/aromatic N) is 1. The molecule has 1 aromatic rings. The Bertz CT molecular complexity index is 563. The SMILES string of the molecule is CC1=NOC(C)(CNC(=O)Nc2cc(F)ccc2F)C1. The van der Waals surface area contributed by atoms with Gasteiger partial charge in [-0.3, -0.25) is 0 Å². The molecule has 5 nitrogen and oxygen atoms in total. The number of carbonyl (C=O) groups is 1. The van der Waals surface area contributed by atoms with Gasteiger partial charge in [0.2, 0.25) is 0 Å². The Morgan fingerprint density at radius 2 is 2.25 bits per heavy atom. The third-order valence-electron chi connectivity index (χ3n) is 2.85. The topological polar surface area (TPSA) is 62.7 Å². The van der Waals surface area contributed by atoms with Crippen LogP contribution in [0.3, 0.4) is 0 Å².